The number of hydrogen-bond acceptors (Lipinski definition) is 5. The summed E-state index contributed by atoms with van der Waals surface area (Å²) in [7, 11) is 0. The largest absolute Gasteiger partial charge is 0.452 e. The summed E-state index contributed by atoms with van der Waals surface area (Å²) in [4.78, 5) is 35.7. The molecule has 3 rings (SSSR count). The molecular formula is C22H20N2O5. The van der Waals surface area contributed by atoms with E-state index in [0.717, 1.165) is 10.8 Å². The van der Waals surface area contributed by atoms with Gasteiger partial charge in [0.1, 0.15) is 0 Å². The molecule has 0 aliphatic carbocycles. The highest BCUT2D eigenvalue weighted by Crippen LogP contribution is 2.22. The van der Waals surface area contributed by atoms with Crippen molar-refractivity contribution in [2.24, 2.45) is 0 Å². The first kappa shape index (κ1) is 19.9. The number of esters is 1. The Hall–Kier alpha value is -3.87. The van der Waals surface area contributed by atoms with Crippen LogP contribution in [-0.2, 0) is 14.3 Å². The molecule has 0 radical (unpaired) electrons. The van der Waals surface area contributed by atoms with E-state index >= 15 is 0 Å². The van der Waals surface area contributed by atoms with Crippen LogP contribution >= 0.6 is 0 Å². The lowest BCUT2D eigenvalue weighted by atomic mass is 10.1. The molecule has 148 valence electrons. The topological polar surface area (TPSA) is 93.7 Å². The molecule has 2 amide bonds. The van der Waals surface area contributed by atoms with Gasteiger partial charge in [-0.1, -0.05) is 36.4 Å². The normalized spacial score (nSPS) is 10.2. The summed E-state index contributed by atoms with van der Waals surface area (Å²) in [5, 5.41) is 7.18. The molecule has 0 unspecified atom stereocenters. The number of fused-ring (bicyclic) bond motifs is 1. The van der Waals surface area contributed by atoms with E-state index < -0.39 is 24.6 Å². The summed E-state index contributed by atoms with van der Waals surface area (Å²) >= 11 is 0. The Morgan fingerprint density at radius 2 is 1.55 bits per heavy atom. The fourth-order valence-electron chi connectivity index (χ4n) is 2.71. The molecule has 0 fully saturated rings. The van der Waals surface area contributed by atoms with Gasteiger partial charge in [-0.15, -0.1) is 0 Å². The zero-order chi connectivity index (χ0) is 20.6. The number of benzene rings is 3. The van der Waals surface area contributed by atoms with Crippen LogP contribution in [0.15, 0.2) is 66.7 Å². The molecule has 3 aromatic rings. The van der Waals surface area contributed by atoms with Crippen molar-refractivity contribution in [1.82, 2.24) is 0 Å². The molecule has 0 spiro atoms. The highest BCUT2D eigenvalue weighted by atomic mass is 16.5. The van der Waals surface area contributed by atoms with Crippen LogP contribution in [-0.4, -0.2) is 31.2 Å². The maximum Gasteiger partial charge on any atom is 0.411 e. The molecule has 7 heteroatoms. The number of ether oxygens (including phenoxy) is 2. The van der Waals surface area contributed by atoms with Crippen LogP contribution in [0, 0.1) is 0 Å². The van der Waals surface area contributed by atoms with E-state index in [1.165, 1.54) is 12.1 Å². The summed E-state index contributed by atoms with van der Waals surface area (Å²) in [5.41, 5.74) is 1.39. The van der Waals surface area contributed by atoms with Crippen LogP contribution in [0.1, 0.15) is 17.3 Å². The molecule has 0 aliphatic rings. The highest BCUT2D eigenvalue weighted by molar-refractivity contribution is 6.03. The molecule has 0 heterocycles. The molecule has 0 bridgehead atoms. The quantitative estimate of drug-likeness (QED) is 0.613. The van der Waals surface area contributed by atoms with Gasteiger partial charge in [-0.2, -0.15) is 0 Å². The van der Waals surface area contributed by atoms with Gasteiger partial charge in [-0.05, 0) is 42.6 Å². The fourth-order valence-corrected chi connectivity index (χ4v) is 2.71. The number of anilines is 2. The third kappa shape index (κ3) is 5.32. The first-order chi connectivity index (χ1) is 14.1. The van der Waals surface area contributed by atoms with E-state index in [0.29, 0.717) is 11.4 Å². The summed E-state index contributed by atoms with van der Waals surface area (Å²) in [6.07, 6.45) is -0.576. The Kier molecular flexibility index (Phi) is 6.42. The van der Waals surface area contributed by atoms with E-state index in [-0.39, 0.29) is 12.2 Å². The average molecular weight is 392 g/mol. The van der Waals surface area contributed by atoms with Crippen LogP contribution in [0.3, 0.4) is 0 Å². The molecule has 29 heavy (non-hydrogen) atoms. The zero-order valence-electron chi connectivity index (χ0n) is 15.8. The minimum Gasteiger partial charge on any atom is -0.452 e. The van der Waals surface area contributed by atoms with Gasteiger partial charge in [-0.3, -0.25) is 10.1 Å². The lowest BCUT2D eigenvalue weighted by Gasteiger charge is -2.10. The maximum absolute atomic E-state index is 12.2. The number of carbonyl (C=O) groups excluding carboxylic acids is 3. The molecule has 2 N–H and O–H groups in total. The van der Waals surface area contributed by atoms with E-state index in [9.17, 15) is 14.4 Å². The van der Waals surface area contributed by atoms with E-state index in [1.54, 1.807) is 25.1 Å². The van der Waals surface area contributed by atoms with Gasteiger partial charge in [-0.25, -0.2) is 9.59 Å². The van der Waals surface area contributed by atoms with Gasteiger partial charge in [0.15, 0.2) is 6.61 Å². The van der Waals surface area contributed by atoms with Crippen molar-refractivity contribution >= 4 is 40.1 Å². The van der Waals surface area contributed by atoms with E-state index in [2.05, 4.69) is 10.6 Å². The Labute approximate surface area is 167 Å². The smallest absolute Gasteiger partial charge is 0.411 e. The second-order valence-corrected chi connectivity index (χ2v) is 6.07. The Balaban J connectivity index is 1.54. The van der Waals surface area contributed by atoms with Crippen LogP contribution in [0.2, 0.25) is 0 Å². The number of carbonyl (C=O) groups is 3. The maximum atomic E-state index is 12.2. The summed E-state index contributed by atoms with van der Waals surface area (Å²) in [6, 6.07) is 19.3. The van der Waals surface area contributed by atoms with Crippen LogP contribution in [0.5, 0.6) is 0 Å². The van der Waals surface area contributed by atoms with Crippen molar-refractivity contribution in [3.63, 3.8) is 0 Å². The van der Waals surface area contributed by atoms with Gasteiger partial charge >= 0.3 is 12.1 Å². The highest BCUT2D eigenvalue weighted by Gasteiger charge is 2.12. The predicted octanol–water partition coefficient (Wildman–Crippen LogP) is 4.20. The van der Waals surface area contributed by atoms with E-state index in [1.807, 2.05) is 36.4 Å². The SMILES string of the molecule is CCOC(=O)Nc1ccc(C(=O)OCC(=O)Nc2cccc3ccccc23)cc1. The van der Waals surface area contributed by atoms with Crippen LogP contribution in [0.25, 0.3) is 10.8 Å². The first-order valence-corrected chi connectivity index (χ1v) is 9.05. The Morgan fingerprint density at radius 1 is 0.828 bits per heavy atom. The van der Waals surface area contributed by atoms with Gasteiger partial charge in [0.05, 0.1) is 12.2 Å². The van der Waals surface area contributed by atoms with Crippen LogP contribution < -0.4 is 10.6 Å². The monoisotopic (exact) mass is 392 g/mol. The van der Waals surface area contributed by atoms with Crippen molar-refractivity contribution in [3.05, 3.63) is 72.3 Å². The lowest BCUT2D eigenvalue weighted by Crippen LogP contribution is -2.21. The minimum atomic E-state index is -0.638. The van der Waals surface area contributed by atoms with Crippen molar-refractivity contribution in [1.29, 1.82) is 0 Å². The van der Waals surface area contributed by atoms with Crippen molar-refractivity contribution in [2.45, 2.75) is 6.92 Å². The molecule has 0 atom stereocenters. The number of nitrogens with one attached hydrogen (secondary N) is 2. The minimum absolute atomic E-state index is 0.261. The van der Waals surface area contributed by atoms with Gasteiger partial charge in [0, 0.05) is 16.8 Å². The number of rotatable bonds is 6. The molecule has 7 nitrogen and oxygen atoms in total. The zero-order valence-corrected chi connectivity index (χ0v) is 15.8. The molecular weight excluding hydrogens is 372 g/mol. The second-order valence-electron chi connectivity index (χ2n) is 6.07. The standard InChI is InChI=1S/C22H20N2O5/c1-2-28-22(27)23-17-12-10-16(11-13-17)21(26)29-14-20(25)24-19-9-5-7-15-6-3-4-8-18(15)19/h3-13H,2,14H2,1H3,(H,23,27)(H,24,25). The number of hydrogen-bond donors (Lipinski definition) is 2. The molecule has 0 saturated heterocycles. The van der Waals surface area contributed by atoms with E-state index in [4.69, 9.17) is 9.47 Å². The van der Waals surface area contributed by atoms with Crippen molar-refractivity contribution in [3.8, 4) is 0 Å². The van der Waals surface area contributed by atoms with Crippen molar-refractivity contribution in [2.75, 3.05) is 23.8 Å². The van der Waals surface area contributed by atoms with Crippen molar-refractivity contribution < 1.29 is 23.9 Å². The number of amides is 2. The molecule has 0 saturated carbocycles. The van der Waals surface area contributed by atoms with Gasteiger partial charge in [0.2, 0.25) is 0 Å². The third-order valence-corrected chi connectivity index (χ3v) is 4.04. The fraction of sp³-hybridized carbons (Fsp3) is 0.136. The predicted molar refractivity (Wildman–Crippen MR) is 110 cm³/mol. The van der Waals surface area contributed by atoms with Gasteiger partial charge in [0.25, 0.3) is 5.91 Å². The summed E-state index contributed by atoms with van der Waals surface area (Å²) in [5.74, 6) is -1.07. The Bertz CT molecular complexity index is 1030. The lowest BCUT2D eigenvalue weighted by molar-refractivity contribution is -0.119. The molecule has 0 aliphatic heterocycles. The molecule has 0 aromatic heterocycles. The summed E-state index contributed by atoms with van der Waals surface area (Å²) in [6.45, 7) is 1.55. The molecule has 3 aromatic carbocycles. The van der Waals surface area contributed by atoms with Gasteiger partial charge < -0.3 is 14.8 Å². The third-order valence-electron chi connectivity index (χ3n) is 4.04. The first-order valence-electron chi connectivity index (χ1n) is 9.05. The summed E-state index contributed by atoms with van der Waals surface area (Å²) < 4.78 is 9.85. The second kappa shape index (κ2) is 9.36. The van der Waals surface area contributed by atoms with Crippen LogP contribution in [0.4, 0.5) is 16.2 Å². The average Bonchev–Trinajstić information content (AvgIpc) is 2.73. The Morgan fingerprint density at radius 3 is 2.31 bits per heavy atom.